The Morgan fingerprint density at radius 3 is 3.00 bits per heavy atom. The lowest BCUT2D eigenvalue weighted by Gasteiger charge is -2.13. The van der Waals surface area contributed by atoms with Gasteiger partial charge in [-0.15, -0.1) is 0 Å². The van der Waals surface area contributed by atoms with Crippen LogP contribution < -0.4 is 10.1 Å². The minimum atomic E-state index is -0.136. The molecule has 1 aliphatic carbocycles. The normalized spacial score (nSPS) is 14.2. The number of aldehydes is 1. The molecule has 1 N–H and O–H groups in total. The van der Waals surface area contributed by atoms with Gasteiger partial charge in [0, 0.05) is 12.1 Å². The molecule has 0 spiro atoms. The summed E-state index contributed by atoms with van der Waals surface area (Å²) in [6, 6.07) is 6.77. The van der Waals surface area contributed by atoms with Gasteiger partial charge in [-0.25, -0.2) is 0 Å². The van der Waals surface area contributed by atoms with Gasteiger partial charge in [0.2, 0.25) is 0 Å². The van der Waals surface area contributed by atoms with Crippen molar-refractivity contribution in [2.24, 2.45) is 0 Å². The molecule has 1 aromatic rings. The van der Waals surface area contributed by atoms with Crippen molar-refractivity contribution in [2.75, 3.05) is 13.2 Å². The summed E-state index contributed by atoms with van der Waals surface area (Å²) in [4.78, 5) is 22.3. The molecule has 0 saturated heterocycles. The second-order valence-corrected chi connectivity index (χ2v) is 5.19. The number of allylic oxidation sites excluding steroid dienone is 1. The largest absolute Gasteiger partial charge is 0.484 e. The molecule has 0 aliphatic heterocycles. The summed E-state index contributed by atoms with van der Waals surface area (Å²) in [5.74, 6) is 0.396. The lowest BCUT2D eigenvalue weighted by atomic mass is 9.97. The number of hydrogen-bond donors (Lipinski definition) is 1. The number of benzene rings is 1. The summed E-state index contributed by atoms with van der Waals surface area (Å²) in [5.41, 5.74) is 1.98. The van der Waals surface area contributed by atoms with Crippen LogP contribution in [0.2, 0.25) is 0 Å². The molecule has 0 aromatic heterocycles. The standard InChI is InChI=1S/C17H21NO3/c19-12-15-7-4-8-16(11-15)21-13-17(20)18-10-9-14-5-2-1-3-6-14/h4-5,7-8,11-12H,1-3,6,9-10,13H2,(H,18,20). The lowest BCUT2D eigenvalue weighted by molar-refractivity contribution is -0.123. The smallest absolute Gasteiger partial charge is 0.257 e. The fraction of sp³-hybridized carbons (Fsp3) is 0.412. The first kappa shape index (κ1) is 15.3. The van der Waals surface area contributed by atoms with Gasteiger partial charge in [-0.2, -0.15) is 0 Å². The first-order valence-corrected chi connectivity index (χ1v) is 7.40. The molecule has 1 amide bonds. The van der Waals surface area contributed by atoms with Gasteiger partial charge in [-0.1, -0.05) is 23.8 Å². The van der Waals surface area contributed by atoms with Crippen molar-refractivity contribution in [3.05, 3.63) is 41.5 Å². The molecule has 0 unspecified atom stereocenters. The van der Waals surface area contributed by atoms with E-state index in [2.05, 4.69) is 11.4 Å². The lowest BCUT2D eigenvalue weighted by Crippen LogP contribution is -2.30. The van der Waals surface area contributed by atoms with E-state index in [-0.39, 0.29) is 12.5 Å². The zero-order valence-corrected chi connectivity index (χ0v) is 12.1. The van der Waals surface area contributed by atoms with Crippen LogP contribution in [0.25, 0.3) is 0 Å². The quantitative estimate of drug-likeness (QED) is 0.619. The molecular weight excluding hydrogens is 266 g/mol. The predicted octanol–water partition coefficient (Wildman–Crippen LogP) is 2.88. The highest BCUT2D eigenvalue weighted by atomic mass is 16.5. The average Bonchev–Trinajstić information content (AvgIpc) is 2.54. The molecule has 0 fully saturated rings. The summed E-state index contributed by atoms with van der Waals surface area (Å²) in [6.07, 6.45) is 8.83. The maximum atomic E-state index is 11.7. The Hall–Kier alpha value is -2.10. The maximum absolute atomic E-state index is 11.7. The van der Waals surface area contributed by atoms with Crippen molar-refractivity contribution in [3.8, 4) is 5.75 Å². The van der Waals surface area contributed by atoms with Gasteiger partial charge in [0.1, 0.15) is 12.0 Å². The molecule has 2 rings (SSSR count). The number of carbonyl (C=O) groups excluding carboxylic acids is 2. The Balaban J connectivity index is 1.67. The highest BCUT2D eigenvalue weighted by Crippen LogP contribution is 2.19. The second kappa shape index (κ2) is 8.25. The van der Waals surface area contributed by atoms with Gasteiger partial charge in [0.25, 0.3) is 5.91 Å². The number of ether oxygens (including phenoxy) is 1. The van der Waals surface area contributed by atoms with Gasteiger partial charge < -0.3 is 10.1 Å². The van der Waals surface area contributed by atoms with E-state index in [1.165, 1.54) is 24.8 Å². The van der Waals surface area contributed by atoms with Crippen molar-refractivity contribution >= 4 is 12.2 Å². The van der Waals surface area contributed by atoms with E-state index in [0.717, 1.165) is 19.1 Å². The third-order valence-electron chi connectivity index (χ3n) is 3.52. The van der Waals surface area contributed by atoms with E-state index in [1.807, 2.05) is 0 Å². The summed E-state index contributed by atoms with van der Waals surface area (Å²) < 4.78 is 5.37. The molecule has 1 aliphatic rings. The van der Waals surface area contributed by atoms with Crippen LogP contribution in [0.5, 0.6) is 5.75 Å². The van der Waals surface area contributed by atoms with Crippen LogP contribution in [0.15, 0.2) is 35.9 Å². The van der Waals surface area contributed by atoms with Crippen LogP contribution in [-0.4, -0.2) is 25.3 Å². The number of carbonyl (C=O) groups is 2. The second-order valence-electron chi connectivity index (χ2n) is 5.19. The highest BCUT2D eigenvalue weighted by Gasteiger charge is 2.06. The highest BCUT2D eigenvalue weighted by molar-refractivity contribution is 5.78. The van der Waals surface area contributed by atoms with E-state index < -0.39 is 0 Å². The Morgan fingerprint density at radius 1 is 1.33 bits per heavy atom. The van der Waals surface area contributed by atoms with Crippen molar-refractivity contribution in [1.29, 1.82) is 0 Å². The molecule has 112 valence electrons. The summed E-state index contributed by atoms with van der Waals surface area (Å²) in [6.45, 7) is 0.629. The van der Waals surface area contributed by atoms with Crippen LogP contribution in [0.4, 0.5) is 0 Å². The van der Waals surface area contributed by atoms with Gasteiger partial charge in [-0.3, -0.25) is 9.59 Å². The van der Waals surface area contributed by atoms with E-state index in [9.17, 15) is 9.59 Å². The average molecular weight is 287 g/mol. The molecule has 0 radical (unpaired) electrons. The molecule has 0 saturated carbocycles. The third-order valence-corrected chi connectivity index (χ3v) is 3.52. The SMILES string of the molecule is O=Cc1cccc(OCC(=O)NCCC2=CCCCC2)c1. The van der Waals surface area contributed by atoms with E-state index in [1.54, 1.807) is 24.3 Å². The van der Waals surface area contributed by atoms with Crippen LogP contribution in [0.3, 0.4) is 0 Å². The van der Waals surface area contributed by atoms with Gasteiger partial charge >= 0.3 is 0 Å². The number of hydrogen-bond acceptors (Lipinski definition) is 3. The molecule has 1 aromatic carbocycles. The molecule has 21 heavy (non-hydrogen) atoms. The van der Waals surface area contributed by atoms with E-state index in [4.69, 9.17) is 4.74 Å². The summed E-state index contributed by atoms with van der Waals surface area (Å²) in [5, 5.41) is 2.85. The minimum absolute atomic E-state index is 0.0264. The molecule has 0 atom stereocenters. The maximum Gasteiger partial charge on any atom is 0.257 e. The molecule has 0 bridgehead atoms. The fourth-order valence-corrected chi connectivity index (χ4v) is 2.37. The van der Waals surface area contributed by atoms with Crippen molar-refractivity contribution < 1.29 is 14.3 Å². The number of amides is 1. The van der Waals surface area contributed by atoms with Crippen molar-refractivity contribution in [2.45, 2.75) is 32.1 Å². The Kier molecular flexibility index (Phi) is 6.00. The zero-order chi connectivity index (χ0) is 14.9. The topological polar surface area (TPSA) is 55.4 Å². The zero-order valence-electron chi connectivity index (χ0n) is 12.1. The van der Waals surface area contributed by atoms with Gasteiger partial charge in [0.15, 0.2) is 6.61 Å². The molecular formula is C17H21NO3. The first-order valence-electron chi connectivity index (χ1n) is 7.40. The van der Waals surface area contributed by atoms with Crippen LogP contribution in [0.1, 0.15) is 42.5 Å². The number of rotatable bonds is 7. The molecule has 0 heterocycles. The van der Waals surface area contributed by atoms with E-state index in [0.29, 0.717) is 17.9 Å². The Morgan fingerprint density at radius 2 is 2.24 bits per heavy atom. The Labute approximate surface area is 125 Å². The predicted molar refractivity (Wildman–Crippen MR) is 81.5 cm³/mol. The number of nitrogens with one attached hydrogen (secondary N) is 1. The molecule has 4 heteroatoms. The van der Waals surface area contributed by atoms with Gasteiger partial charge in [0.05, 0.1) is 0 Å². The fourth-order valence-electron chi connectivity index (χ4n) is 2.37. The van der Waals surface area contributed by atoms with Crippen molar-refractivity contribution in [1.82, 2.24) is 5.32 Å². The summed E-state index contributed by atoms with van der Waals surface area (Å²) >= 11 is 0. The third kappa shape index (κ3) is 5.42. The van der Waals surface area contributed by atoms with Crippen LogP contribution in [0, 0.1) is 0 Å². The first-order chi connectivity index (χ1) is 10.3. The summed E-state index contributed by atoms with van der Waals surface area (Å²) in [7, 11) is 0. The van der Waals surface area contributed by atoms with Crippen LogP contribution in [-0.2, 0) is 4.79 Å². The van der Waals surface area contributed by atoms with Crippen LogP contribution >= 0.6 is 0 Å². The van der Waals surface area contributed by atoms with Gasteiger partial charge in [-0.05, 0) is 44.2 Å². The van der Waals surface area contributed by atoms with Crippen molar-refractivity contribution in [3.63, 3.8) is 0 Å². The minimum Gasteiger partial charge on any atom is -0.484 e. The monoisotopic (exact) mass is 287 g/mol. The Bertz CT molecular complexity index is 523. The van der Waals surface area contributed by atoms with E-state index >= 15 is 0 Å². The molecule has 4 nitrogen and oxygen atoms in total.